The van der Waals surface area contributed by atoms with Crippen LogP contribution in [0.3, 0.4) is 0 Å². The largest absolute Gasteiger partial charge is 0.395 e. The Labute approximate surface area is 60.0 Å². The molecule has 9 heavy (non-hydrogen) atoms. The number of aliphatic hydroxyl groups excluding tert-OH is 1. The number of hydrogen-bond acceptors (Lipinski definition) is 3. The molecule has 1 fully saturated rings. The van der Waals surface area contributed by atoms with Crippen LogP contribution in [0.2, 0.25) is 0 Å². The van der Waals surface area contributed by atoms with Crippen molar-refractivity contribution in [3.8, 4) is 0 Å². The Morgan fingerprint density at radius 3 is 2.67 bits per heavy atom. The van der Waals surface area contributed by atoms with Crippen LogP contribution in [0.15, 0.2) is 0 Å². The van der Waals surface area contributed by atoms with Gasteiger partial charge in [-0.3, -0.25) is 0 Å². The molecular formula is C6H13NOS. The first-order valence-corrected chi connectivity index (χ1v) is 4.13. The first kappa shape index (κ1) is 7.38. The van der Waals surface area contributed by atoms with Crippen LogP contribution in [0.5, 0.6) is 0 Å². The minimum atomic E-state index is 0.217. The van der Waals surface area contributed by atoms with E-state index in [1.165, 1.54) is 0 Å². The zero-order valence-electron chi connectivity index (χ0n) is 5.85. The van der Waals surface area contributed by atoms with E-state index in [-0.39, 0.29) is 17.4 Å². The summed E-state index contributed by atoms with van der Waals surface area (Å²) in [5.74, 6) is 0.970. The Balaban J connectivity index is 2.52. The first-order chi connectivity index (χ1) is 4.17. The molecule has 0 aromatic heterocycles. The third-order valence-corrected chi connectivity index (χ3v) is 3.14. The summed E-state index contributed by atoms with van der Waals surface area (Å²) >= 11 is 1.86. The molecule has 1 atom stereocenters. The maximum Gasteiger partial charge on any atom is 0.0598 e. The van der Waals surface area contributed by atoms with E-state index in [4.69, 9.17) is 5.11 Å². The van der Waals surface area contributed by atoms with E-state index in [1.807, 2.05) is 11.8 Å². The van der Waals surface area contributed by atoms with Crippen LogP contribution in [-0.2, 0) is 0 Å². The quantitative estimate of drug-likeness (QED) is 0.564. The van der Waals surface area contributed by atoms with Gasteiger partial charge in [0.15, 0.2) is 0 Å². The van der Waals surface area contributed by atoms with Crippen LogP contribution in [0, 0.1) is 0 Å². The zero-order valence-corrected chi connectivity index (χ0v) is 6.66. The molecule has 0 aromatic carbocycles. The SMILES string of the molecule is CC1(C)SCNC1CO. The van der Waals surface area contributed by atoms with Gasteiger partial charge in [0.2, 0.25) is 0 Å². The molecule has 1 saturated heterocycles. The van der Waals surface area contributed by atoms with E-state index in [0.717, 1.165) is 5.88 Å². The number of hydrogen-bond donors (Lipinski definition) is 2. The summed E-state index contributed by atoms with van der Waals surface area (Å²) in [5.41, 5.74) is 0. The molecule has 0 aromatic rings. The molecule has 1 unspecified atom stereocenters. The van der Waals surface area contributed by atoms with Gasteiger partial charge in [-0.15, -0.1) is 11.8 Å². The molecule has 0 spiro atoms. The molecule has 1 aliphatic heterocycles. The normalized spacial score (nSPS) is 33.0. The molecule has 1 heterocycles. The number of nitrogens with one attached hydrogen (secondary N) is 1. The minimum Gasteiger partial charge on any atom is -0.395 e. The summed E-state index contributed by atoms with van der Waals surface area (Å²) in [4.78, 5) is 0. The molecule has 0 aliphatic carbocycles. The molecule has 3 heteroatoms. The van der Waals surface area contributed by atoms with Crippen molar-refractivity contribution >= 4 is 11.8 Å². The Morgan fingerprint density at radius 2 is 2.44 bits per heavy atom. The van der Waals surface area contributed by atoms with Crippen molar-refractivity contribution in [3.05, 3.63) is 0 Å². The maximum atomic E-state index is 8.83. The maximum absolute atomic E-state index is 8.83. The molecule has 1 aliphatic rings. The second kappa shape index (κ2) is 2.48. The predicted molar refractivity (Wildman–Crippen MR) is 40.5 cm³/mol. The topological polar surface area (TPSA) is 32.3 Å². The van der Waals surface area contributed by atoms with Crippen LogP contribution in [0.1, 0.15) is 13.8 Å². The van der Waals surface area contributed by atoms with Crippen LogP contribution in [0.25, 0.3) is 0 Å². The lowest BCUT2D eigenvalue weighted by Gasteiger charge is -2.22. The monoisotopic (exact) mass is 147 g/mol. The Hall–Kier alpha value is 0.270. The highest BCUT2D eigenvalue weighted by Crippen LogP contribution is 2.32. The van der Waals surface area contributed by atoms with Crippen molar-refractivity contribution in [2.45, 2.75) is 24.6 Å². The lowest BCUT2D eigenvalue weighted by molar-refractivity contribution is 0.234. The first-order valence-electron chi connectivity index (χ1n) is 3.15. The smallest absolute Gasteiger partial charge is 0.0598 e. The number of rotatable bonds is 1. The number of thioether (sulfide) groups is 1. The van der Waals surface area contributed by atoms with Gasteiger partial charge in [-0.1, -0.05) is 0 Å². The molecular weight excluding hydrogens is 134 g/mol. The standard InChI is InChI=1S/C6H13NOS/c1-6(2)5(3-8)7-4-9-6/h5,7-8H,3-4H2,1-2H3. The van der Waals surface area contributed by atoms with Gasteiger partial charge in [-0.25, -0.2) is 0 Å². The summed E-state index contributed by atoms with van der Waals surface area (Å²) in [5, 5.41) is 12.0. The second-order valence-corrected chi connectivity index (χ2v) is 4.46. The summed E-state index contributed by atoms with van der Waals surface area (Å²) < 4.78 is 0.217. The van der Waals surface area contributed by atoms with E-state index >= 15 is 0 Å². The lowest BCUT2D eigenvalue weighted by Crippen LogP contribution is -2.39. The van der Waals surface area contributed by atoms with Gasteiger partial charge >= 0.3 is 0 Å². The lowest BCUT2D eigenvalue weighted by atomic mass is 10.1. The fourth-order valence-corrected chi connectivity index (χ4v) is 1.97. The fraction of sp³-hybridized carbons (Fsp3) is 1.00. The van der Waals surface area contributed by atoms with E-state index in [2.05, 4.69) is 19.2 Å². The summed E-state index contributed by atoms with van der Waals surface area (Å²) in [6.45, 7) is 4.55. The summed E-state index contributed by atoms with van der Waals surface area (Å²) in [6, 6.07) is 0.280. The van der Waals surface area contributed by atoms with Crippen LogP contribution < -0.4 is 5.32 Å². The van der Waals surface area contributed by atoms with Crippen molar-refractivity contribution in [3.63, 3.8) is 0 Å². The number of aliphatic hydroxyl groups is 1. The van der Waals surface area contributed by atoms with Crippen molar-refractivity contribution < 1.29 is 5.11 Å². The highest BCUT2D eigenvalue weighted by atomic mass is 32.2. The van der Waals surface area contributed by atoms with Crippen molar-refractivity contribution in [1.29, 1.82) is 0 Å². The van der Waals surface area contributed by atoms with Crippen molar-refractivity contribution in [2.24, 2.45) is 0 Å². The molecule has 54 valence electrons. The Bertz CT molecular complexity index is 105. The molecule has 0 amide bonds. The van der Waals surface area contributed by atoms with E-state index in [0.29, 0.717) is 0 Å². The molecule has 2 nitrogen and oxygen atoms in total. The fourth-order valence-electron chi connectivity index (χ4n) is 0.959. The van der Waals surface area contributed by atoms with Crippen LogP contribution in [-0.4, -0.2) is 28.4 Å². The second-order valence-electron chi connectivity index (χ2n) is 2.83. The van der Waals surface area contributed by atoms with Crippen LogP contribution >= 0.6 is 11.8 Å². The summed E-state index contributed by atoms with van der Waals surface area (Å²) in [6.07, 6.45) is 0. The van der Waals surface area contributed by atoms with Gasteiger partial charge in [-0.05, 0) is 13.8 Å². The molecule has 0 radical (unpaired) electrons. The van der Waals surface area contributed by atoms with Gasteiger partial charge < -0.3 is 10.4 Å². The molecule has 2 N–H and O–H groups in total. The zero-order chi connectivity index (χ0) is 6.91. The molecule has 0 saturated carbocycles. The van der Waals surface area contributed by atoms with Gasteiger partial charge in [0, 0.05) is 16.7 Å². The Kier molecular flexibility index (Phi) is 2.03. The minimum absolute atomic E-state index is 0.217. The van der Waals surface area contributed by atoms with E-state index in [1.54, 1.807) is 0 Å². The molecule has 0 bridgehead atoms. The average molecular weight is 147 g/mol. The van der Waals surface area contributed by atoms with Gasteiger partial charge in [-0.2, -0.15) is 0 Å². The van der Waals surface area contributed by atoms with Gasteiger partial charge in [0.05, 0.1) is 6.61 Å². The highest BCUT2D eigenvalue weighted by molar-refractivity contribution is 8.00. The highest BCUT2D eigenvalue weighted by Gasteiger charge is 2.33. The van der Waals surface area contributed by atoms with Crippen molar-refractivity contribution in [1.82, 2.24) is 5.32 Å². The van der Waals surface area contributed by atoms with E-state index in [9.17, 15) is 0 Å². The van der Waals surface area contributed by atoms with E-state index < -0.39 is 0 Å². The predicted octanol–water partition coefficient (Wildman–Crippen LogP) is 0.420. The Morgan fingerprint density at radius 1 is 1.78 bits per heavy atom. The molecule has 1 rings (SSSR count). The van der Waals surface area contributed by atoms with Gasteiger partial charge in [0.25, 0.3) is 0 Å². The van der Waals surface area contributed by atoms with Gasteiger partial charge in [0.1, 0.15) is 0 Å². The third-order valence-electron chi connectivity index (χ3n) is 1.80. The average Bonchev–Trinajstić information content (AvgIpc) is 2.08. The summed E-state index contributed by atoms with van der Waals surface area (Å²) in [7, 11) is 0. The van der Waals surface area contributed by atoms with Crippen molar-refractivity contribution in [2.75, 3.05) is 12.5 Å². The third kappa shape index (κ3) is 1.39. The van der Waals surface area contributed by atoms with Crippen LogP contribution in [0.4, 0.5) is 0 Å².